The number of hydrogen-bond acceptors (Lipinski definition) is 3. The zero-order valence-corrected chi connectivity index (χ0v) is 11.4. The van der Waals surface area contributed by atoms with Crippen LogP contribution < -0.4 is 5.32 Å². The second-order valence-electron chi connectivity index (χ2n) is 4.73. The first kappa shape index (κ1) is 12.8. The molecule has 2 unspecified atom stereocenters. The van der Waals surface area contributed by atoms with E-state index in [4.69, 9.17) is 0 Å². The summed E-state index contributed by atoms with van der Waals surface area (Å²) in [6.45, 7) is 3.32. The number of hydrogen-bond donors (Lipinski definition) is 2. The van der Waals surface area contributed by atoms with Crippen molar-refractivity contribution in [2.45, 2.75) is 37.5 Å². The van der Waals surface area contributed by atoms with Gasteiger partial charge in [-0.25, -0.2) is 0 Å². The van der Waals surface area contributed by atoms with E-state index in [0.717, 1.165) is 24.9 Å². The van der Waals surface area contributed by atoms with E-state index in [1.807, 2.05) is 17.8 Å². The fraction of sp³-hybridized carbons (Fsp3) is 0.571. The molecule has 0 bridgehead atoms. The van der Waals surface area contributed by atoms with Crippen LogP contribution in [0.1, 0.15) is 36.9 Å². The topological polar surface area (TPSA) is 32.3 Å². The maximum Gasteiger partial charge on any atom is 0.119 e. The molecule has 0 saturated heterocycles. The van der Waals surface area contributed by atoms with Gasteiger partial charge in [-0.1, -0.05) is 19.1 Å². The number of aromatic hydroxyl groups is 1. The van der Waals surface area contributed by atoms with Crippen LogP contribution in [0.2, 0.25) is 0 Å². The van der Waals surface area contributed by atoms with Crippen LogP contribution in [-0.2, 0) is 6.42 Å². The Morgan fingerprint density at radius 3 is 3.12 bits per heavy atom. The van der Waals surface area contributed by atoms with Gasteiger partial charge in [-0.3, -0.25) is 0 Å². The molecular weight excluding hydrogens is 230 g/mol. The number of rotatable bonds is 5. The summed E-state index contributed by atoms with van der Waals surface area (Å²) in [6.07, 6.45) is 5.47. The van der Waals surface area contributed by atoms with Crippen LogP contribution in [-0.4, -0.2) is 23.2 Å². The Bertz CT molecular complexity index is 380. The monoisotopic (exact) mass is 251 g/mol. The molecule has 0 spiro atoms. The van der Waals surface area contributed by atoms with Gasteiger partial charge in [-0.05, 0) is 49.3 Å². The molecule has 2 N–H and O–H groups in total. The van der Waals surface area contributed by atoms with Crippen LogP contribution in [0, 0.1) is 0 Å². The molecular formula is C14H21NOS. The molecule has 1 aromatic carbocycles. The van der Waals surface area contributed by atoms with Crippen LogP contribution in [0.15, 0.2) is 18.2 Å². The lowest BCUT2D eigenvalue weighted by atomic mass is 10.1. The molecule has 3 heteroatoms. The lowest BCUT2D eigenvalue weighted by Crippen LogP contribution is -2.22. The molecule has 0 fully saturated rings. The van der Waals surface area contributed by atoms with Crippen LogP contribution >= 0.6 is 11.8 Å². The number of benzene rings is 1. The molecule has 94 valence electrons. The predicted octanol–water partition coefficient (Wildman–Crippen LogP) is 3.11. The van der Waals surface area contributed by atoms with Gasteiger partial charge < -0.3 is 10.4 Å². The highest BCUT2D eigenvalue weighted by Crippen LogP contribution is 2.36. The number of fused-ring (bicyclic) bond motifs is 1. The summed E-state index contributed by atoms with van der Waals surface area (Å²) < 4.78 is 0. The summed E-state index contributed by atoms with van der Waals surface area (Å²) >= 11 is 1.92. The van der Waals surface area contributed by atoms with Gasteiger partial charge in [0.1, 0.15) is 5.75 Å². The molecule has 0 saturated carbocycles. The quantitative estimate of drug-likeness (QED) is 0.843. The van der Waals surface area contributed by atoms with E-state index in [1.165, 1.54) is 12.0 Å². The Hall–Kier alpha value is -0.670. The summed E-state index contributed by atoms with van der Waals surface area (Å²) in [6, 6.07) is 6.30. The van der Waals surface area contributed by atoms with Crippen molar-refractivity contribution in [3.8, 4) is 5.75 Å². The minimum Gasteiger partial charge on any atom is -0.508 e. The largest absolute Gasteiger partial charge is 0.508 e. The maximum absolute atomic E-state index is 9.77. The molecule has 0 radical (unpaired) electrons. The van der Waals surface area contributed by atoms with E-state index in [2.05, 4.69) is 24.6 Å². The van der Waals surface area contributed by atoms with Gasteiger partial charge in [0, 0.05) is 11.3 Å². The highest BCUT2D eigenvalue weighted by molar-refractivity contribution is 7.99. The summed E-state index contributed by atoms with van der Waals surface area (Å²) in [4.78, 5) is 0. The minimum atomic E-state index is 0.436. The van der Waals surface area contributed by atoms with E-state index in [9.17, 15) is 5.11 Å². The lowest BCUT2D eigenvalue weighted by molar-refractivity contribution is 0.469. The Kier molecular flexibility index (Phi) is 4.35. The number of nitrogens with one attached hydrogen (secondary N) is 1. The van der Waals surface area contributed by atoms with E-state index in [-0.39, 0.29) is 0 Å². The van der Waals surface area contributed by atoms with Gasteiger partial charge in [-0.2, -0.15) is 11.8 Å². The average molecular weight is 251 g/mol. The second-order valence-corrected chi connectivity index (χ2v) is 6.00. The molecule has 1 aliphatic rings. The zero-order chi connectivity index (χ0) is 12.3. The summed E-state index contributed by atoms with van der Waals surface area (Å²) in [5.74, 6) is 0.462. The molecule has 1 aromatic rings. The van der Waals surface area contributed by atoms with Gasteiger partial charge in [0.05, 0.1) is 0 Å². The molecule has 0 aromatic heterocycles. The number of thioether (sulfide) groups is 1. The van der Waals surface area contributed by atoms with E-state index < -0.39 is 0 Å². The highest BCUT2D eigenvalue weighted by Gasteiger charge is 2.23. The third-order valence-corrected chi connectivity index (χ3v) is 4.63. The average Bonchev–Trinajstić information content (AvgIpc) is 2.74. The van der Waals surface area contributed by atoms with Crippen LogP contribution in [0.25, 0.3) is 0 Å². The van der Waals surface area contributed by atoms with Crippen LogP contribution in [0.4, 0.5) is 0 Å². The Labute approximate surface area is 108 Å². The first-order valence-electron chi connectivity index (χ1n) is 6.29. The van der Waals surface area contributed by atoms with Crippen molar-refractivity contribution in [2.75, 3.05) is 12.8 Å². The molecule has 2 atom stereocenters. The number of phenolic OH excluding ortho intramolecular Hbond substituents is 1. The van der Waals surface area contributed by atoms with Crippen molar-refractivity contribution < 1.29 is 5.11 Å². The van der Waals surface area contributed by atoms with Crippen molar-refractivity contribution in [1.29, 1.82) is 0 Å². The highest BCUT2D eigenvalue weighted by atomic mass is 32.2. The summed E-state index contributed by atoms with van der Waals surface area (Å²) in [7, 11) is 0. The molecule has 1 aliphatic carbocycles. The third kappa shape index (κ3) is 2.96. The molecule has 17 heavy (non-hydrogen) atoms. The number of phenols is 1. The fourth-order valence-electron chi connectivity index (χ4n) is 2.43. The van der Waals surface area contributed by atoms with Gasteiger partial charge in [0.2, 0.25) is 0 Å². The second kappa shape index (κ2) is 5.78. The van der Waals surface area contributed by atoms with E-state index in [1.54, 1.807) is 6.07 Å². The zero-order valence-electron chi connectivity index (χ0n) is 10.6. The fourth-order valence-corrected chi connectivity index (χ4v) is 2.78. The van der Waals surface area contributed by atoms with Crippen molar-refractivity contribution in [1.82, 2.24) is 5.32 Å². The first-order chi connectivity index (χ1) is 8.22. The van der Waals surface area contributed by atoms with Gasteiger partial charge >= 0.3 is 0 Å². The van der Waals surface area contributed by atoms with Crippen LogP contribution in [0.3, 0.4) is 0 Å². The first-order valence-corrected chi connectivity index (χ1v) is 7.58. The SMILES string of the molecule is CSC(C)CCNC1CCc2c(O)cccc21. The van der Waals surface area contributed by atoms with Gasteiger partial charge in [0.25, 0.3) is 0 Å². The van der Waals surface area contributed by atoms with Crippen molar-refractivity contribution in [2.24, 2.45) is 0 Å². The molecule has 2 nitrogen and oxygen atoms in total. The van der Waals surface area contributed by atoms with Gasteiger partial charge in [-0.15, -0.1) is 0 Å². The molecule has 2 rings (SSSR count). The van der Waals surface area contributed by atoms with Crippen molar-refractivity contribution in [3.05, 3.63) is 29.3 Å². The standard InChI is InChI=1S/C14H21NOS/c1-10(17-2)8-9-15-13-7-6-12-11(13)4-3-5-14(12)16/h3-5,10,13,15-16H,6-9H2,1-2H3. The van der Waals surface area contributed by atoms with Crippen molar-refractivity contribution in [3.63, 3.8) is 0 Å². The maximum atomic E-state index is 9.77. The minimum absolute atomic E-state index is 0.436. The smallest absolute Gasteiger partial charge is 0.119 e. The normalized spacial score (nSPS) is 20.2. The molecule has 0 amide bonds. The van der Waals surface area contributed by atoms with Gasteiger partial charge in [0.15, 0.2) is 0 Å². The van der Waals surface area contributed by atoms with E-state index >= 15 is 0 Å². The molecule has 0 heterocycles. The summed E-state index contributed by atoms with van der Waals surface area (Å²) in [5, 5.41) is 14.1. The Balaban J connectivity index is 1.91. The predicted molar refractivity (Wildman–Crippen MR) is 74.8 cm³/mol. The van der Waals surface area contributed by atoms with E-state index in [0.29, 0.717) is 17.0 Å². The Morgan fingerprint density at radius 1 is 1.53 bits per heavy atom. The third-order valence-electron chi connectivity index (χ3n) is 3.59. The van der Waals surface area contributed by atoms with Crippen LogP contribution in [0.5, 0.6) is 5.75 Å². The Morgan fingerprint density at radius 2 is 2.35 bits per heavy atom. The lowest BCUT2D eigenvalue weighted by Gasteiger charge is -2.15. The van der Waals surface area contributed by atoms with Crippen molar-refractivity contribution >= 4 is 11.8 Å². The summed E-state index contributed by atoms with van der Waals surface area (Å²) in [5.41, 5.74) is 2.43. The molecule has 0 aliphatic heterocycles.